The molecule has 1 aromatic heterocycles. The highest BCUT2D eigenvalue weighted by Crippen LogP contribution is 2.08. The number of aromatic nitrogens is 2. The lowest BCUT2D eigenvalue weighted by molar-refractivity contribution is -0.138. The second-order valence-corrected chi connectivity index (χ2v) is 2.76. The Hall–Kier alpha value is -1.43. The topological polar surface area (TPSA) is 92.0 Å². The molecule has 0 aromatic carbocycles. The Morgan fingerprint density at radius 1 is 1.67 bits per heavy atom. The molecule has 15 heavy (non-hydrogen) atoms. The molecule has 0 aliphatic carbocycles. The van der Waals surface area contributed by atoms with E-state index in [2.05, 4.69) is 10.2 Å². The van der Waals surface area contributed by atoms with Gasteiger partial charge in [-0.3, -0.25) is 9.89 Å². The summed E-state index contributed by atoms with van der Waals surface area (Å²) in [6.45, 7) is 5.51. The van der Waals surface area contributed by atoms with Crippen molar-refractivity contribution in [3.05, 3.63) is 17.2 Å². The van der Waals surface area contributed by atoms with E-state index in [0.29, 0.717) is 0 Å². The number of carbonyl (C=O) groups is 1. The van der Waals surface area contributed by atoms with E-state index >= 15 is 0 Å². The summed E-state index contributed by atoms with van der Waals surface area (Å²) in [5.74, 6) is -1.68. The van der Waals surface area contributed by atoms with Crippen molar-refractivity contribution in [2.75, 3.05) is 0 Å². The standard InChI is InChI=1S/C7H10FN3O2.C2H6/c1-3-6(8)5(11-10-3)2-4(9)7(12)13;1-2/h4H,2,9H2,1H3,(H,10,11)(H,12,13);1-2H3. The number of carboxylic acid groups (broad SMARTS) is 1. The number of hydrogen-bond acceptors (Lipinski definition) is 3. The van der Waals surface area contributed by atoms with Crippen molar-refractivity contribution >= 4 is 5.97 Å². The summed E-state index contributed by atoms with van der Waals surface area (Å²) in [6.07, 6.45) is -0.106. The van der Waals surface area contributed by atoms with Gasteiger partial charge < -0.3 is 10.8 Å². The van der Waals surface area contributed by atoms with Crippen LogP contribution in [-0.2, 0) is 11.2 Å². The third kappa shape index (κ3) is 3.67. The Kier molecular flexibility index (Phi) is 5.54. The summed E-state index contributed by atoms with van der Waals surface area (Å²) in [4.78, 5) is 10.3. The number of H-pyrrole nitrogens is 1. The maximum Gasteiger partial charge on any atom is 0.320 e. The van der Waals surface area contributed by atoms with Gasteiger partial charge in [-0.2, -0.15) is 5.10 Å². The monoisotopic (exact) mass is 217 g/mol. The van der Waals surface area contributed by atoms with Gasteiger partial charge in [0.15, 0.2) is 5.82 Å². The fraction of sp³-hybridized carbons (Fsp3) is 0.556. The highest BCUT2D eigenvalue weighted by molar-refractivity contribution is 5.73. The third-order valence-electron chi connectivity index (χ3n) is 1.67. The first kappa shape index (κ1) is 13.6. The van der Waals surface area contributed by atoms with Crippen LogP contribution < -0.4 is 5.73 Å². The smallest absolute Gasteiger partial charge is 0.320 e. The Morgan fingerprint density at radius 3 is 2.53 bits per heavy atom. The number of rotatable bonds is 3. The maximum absolute atomic E-state index is 13.0. The van der Waals surface area contributed by atoms with Gasteiger partial charge in [-0.05, 0) is 6.92 Å². The molecule has 4 N–H and O–H groups in total. The lowest BCUT2D eigenvalue weighted by atomic mass is 10.1. The Balaban J connectivity index is 0.000000921. The van der Waals surface area contributed by atoms with E-state index in [9.17, 15) is 9.18 Å². The number of carboxylic acids is 1. The predicted octanol–water partition coefficient (Wildman–Crippen LogP) is 0.838. The highest BCUT2D eigenvalue weighted by atomic mass is 19.1. The van der Waals surface area contributed by atoms with Crippen LogP contribution in [0.2, 0.25) is 0 Å². The number of aromatic amines is 1. The van der Waals surface area contributed by atoms with Gasteiger partial charge >= 0.3 is 5.97 Å². The number of halogens is 1. The first-order chi connectivity index (χ1) is 7.02. The third-order valence-corrected chi connectivity index (χ3v) is 1.67. The van der Waals surface area contributed by atoms with Crippen LogP contribution in [0.25, 0.3) is 0 Å². The molecule has 1 heterocycles. The van der Waals surface area contributed by atoms with E-state index in [1.165, 1.54) is 6.92 Å². The van der Waals surface area contributed by atoms with Crippen molar-refractivity contribution in [2.45, 2.75) is 33.2 Å². The minimum Gasteiger partial charge on any atom is -0.480 e. The average molecular weight is 217 g/mol. The molecule has 0 saturated carbocycles. The minimum atomic E-state index is -1.17. The van der Waals surface area contributed by atoms with Crippen molar-refractivity contribution in [1.82, 2.24) is 10.2 Å². The summed E-state index contributed by atoms with van der Waals surface area (Å²) in [7, 11) is 0. The molecule has 0 amide bonds. The zero-order valence-electron chi connectivity index (χ0n) is 9.04. The molecule has 1 rings (SSSR count). The molecule has 0 radical (unpaired) electrons. The summed E-state index contributed by atoms with van der Waals surface area (Å²) >= 11 is 0. The Morgan fingerprint density at radius 2 is 2.20 bits per heavy atom. The molecule has 0 spiro atoms. The van der Waals surface area contributed by atoms with E-state index < -0.39 is 17.8 Å². The first-order valence-electron chi connectivity index (χ1n) is 4.70. The Labute approximate surface area is 87.5 Å². The van der Waals surface area contributed by atoms with Gasteiger partial charge in [0.1, 0.15) is 11.7 Å². The number of nitrogens with two attached hydrogens (primary N) is 1. The van der Waals surface area contributed by atoms with Crippen molar-refractivity contribution in [3.8, 4) is 0 Å². The van der Waals surface area contributed by atoms with Crippen LogP contribution in [0.3, 0.4) is 0 Å². The van der Waals surface area contributed by atoms with Gasteiger partial charge in [-0.25, -0.2) is 4.39 Å². The van der Waals surface area contributed by atoms with E-state index in [4.69, 9.17) is 10.8 Å². The molecule has 86 valence electrons. The fourth-order valence-corrected chi connectivity index (χ4v) is 0.897. The van der Waals surface area contributed by atoms with Crippen LogP contribution in [0.4, 0.5) is 4.39 Å². The summed E-state index contributed by atoms with van der Waals surface area (Å²) in [6, 6.07) is -1.11. The molecular weight excluding hydrogens is 201 g/mol. The van der Waals surface area contributed by atoms with E-state index in [0.717, 1.165) is 0 Å². The minimum absolute atomic E-state index is 0.0624. The SMILES string of the molecule is CC.Cc1[nH]nc(CC(N)C(=O)O)c1F. The average Bonchev–Trinajstić information content (AvgIpc) is 2.52. The zero-order chi connectivity index (χ0) is 12.0. The van der Waals surface area contributed by atoms with Crippen molar-refractivity contribution < 1.29 is 14.3 Å². The van der Waals surface area contributed by atoms with E-state index in [1.54, 1.807) is 0 Å². The van der Waals surface area contributed by atoms with Crippen molar-refractivity contribution in [1.29, 1.82) is 0 Å². The van der Waals surface area contributed by atoms with Gasteiger partial charge in [0.25, 0.3) is 0 Å². The molecule has 6 heteroatoms. The van der Waals surface area contributed by atoms with E-state index in [-0.39, 0.29) is 17.8 Å². The summed E-state index contributed by atoms with van der Waals surface area (Å²) in [5, 5.41) is 14.5. The number of aliphatic carboxylic acids is 1. The lowest BCUT2D eigenvalue weighted by Crippen LogP contribution is -2.32. The molecule has 1 aromatic rings. The Bertz CT molecular complexity index is 325. The number of nitrogens with zero attached hydrogens (tertiary/aromatic N) is 1. The quantitative estimate of drug-likeness (QED) is 0.699. The van der Waals surface area contributed by atoms with Gasteiger partial charge in [-0.1, -0.05) is 13.8 Å². The summed E-state index contributed by atoms with van der Waals surface area (Å²) in [5.41, 5.74) is 5.55. The molecule has 1 unspecified atom stereocenters. The second-order valence-electron chi connectivity index (χ2n) is 2.76. The van der Waals surface area contributed by atoms with Crippen LogP contribution in [0, 0.1) is 12.7 Å². The van der Waals surface area contributed by atoms with Gasteiger partial charge in [0, 0.05) is 6.42 Å². The molecule has 0 aliphatic rings. The van der Waals surface area contributed by atoms with Crippen LogP contribution in [-0.4, -0.2) is 27.3 Å². The van der Waals surface area contributed by atoms with Crippen molar-refractivity contribution in [2.24, 2.45) is 5.73 Å². The number of aryl methyl sites for hydroxylation is 1. The first-order valence-corrected chi connectivity index (χ1v) is 4.70. The van der Waals surface area contributed by atoms with Crippen LogP contribution in [0.5, 0.6) is 0 Å². The molecular formula is C9H16FN3O2. The van der Waals surface area contributed by atoms with Crippen LogP contribution in [0.1, 0.15) is 25.2 Å². The fourth-order valence-electron chi connectivity index (χ4n) is 0.897. The van der Waals surface area contributed by atoms with E-state index in [1.807, 2.05) is 13.8 Å². The highest BCUT2D eigenvalue weighted by Gasteiger charge is 2.17. The molecule has 0 saturated heterocycles. The number of nitrogens with one attached hydrogen (secondary N) is 1. The summed E-state index contributed by atoms with van der Waals surface area (Å²) < 4.78 is 13.0. The van der Waals surface area contributed by atoms with Gasteiger partial charge in [0.2, 0.25) is 0 Å². The maximum atomic E-state index is 13.0. The molecule has 5 nitrogen and oxygen atoms in total. The van der Waals surface area contributed by atoms with Crippen LogP contribution >= 0.6 is 0 Å². The largest absolute Gasteiger partial charge is 0.480 e. The normalized spacial score (nSPS) is 11.5. The second kappa shape index (κ2) is 6.13. The zero-order valence-corrected chi connectivity index (χ0v) is 9.04. The predicted molar refractivity (Wildman–Crippen MR) is 53.9 cm³/mol. The molecule has 0 fully saturated rings. The lowest BCUT2D eigenvalue weighted by Gasteiger charge is -2.02. The van der Waals surface area contributed by atoms with Crippen molar-refractivity contribution in [3.63, 3.8) is 0 Å². The van der Waals surface area contributed by atoms with Gasteiger partial charge in [-0.15, -0.1) is 0 Å². The molecule has 0 aliphatic heterocycles. The van der Waals surface area contributed by atoms with Crippen LogP contribution in [0.15, 0.2) is 0 Å². The van der Waals surface area contributed by atoms with Gasteiger partial charge in [0.05, 0.1) is 5.69 Å². The molecule has 0 bridgehead atoms. The molecule has 1 atom stereocenters. The number of hydrogen-bond donors (Lipinski definition) is 3.